The molecule has 0 aliphatic heterocycles. The summed E-state index contributed by atoms with van der Waals surface area (Å²) < 4.78 is 90.9. The number of rotatable bonds is 3. The third kappa shape index (κ3) is 2.81. The van der Waals surface area contributed by atoms with Crippen LogP contribution >= 0.6 is 0 Å². The SMILES string of the molecule is COc1c(F)cc(OS(=O)(=O)C(F)(F)F)cc1F. The second-order valence-electron chi connectivity index (χ2n) is 2.90. The summed E-state index contributed by atoms with van der Waals surface area (Å²) in [5.41, 5.74) is -5.69. The molecule has 0 aliphatic carbocycles. The van der Waals surface area contributed by atoms with E-state index in [9.17, 15) is 30.4 Å². The Balaban J connectivity index is 3.16. The van der Waals surface area contributed by atoms with Gasteiger partial charge in [0.2, 0.25) is 0 Å². The monoisotopic (exact) mass is 292 g/mol. The molecule has 0 saturated heterocycles. The van der Waals surface area contributed by atoms with Gasteiger partial charge >= 0.3 is 15.6 Å². The number of ether oxygens (including phenoxy) is 1. The van der Waals surface area contributed by atoms with Crippen LogP contribution in [-0.2, 0) is 10.1 Å². The lowest BCUT2D eigenvalue weighted by atomic mass is 10.3. The van der Waals surface area contributed by atoms with Crippen molar-refractivity contribution in [3.05, 3.63) is 23.8 Å². The highest BCUT2D eigenvalue weighted by atomic mass is 32.2. The predicted molar refractivity (Wildman–Crippen MR) is 48.5 cm³/mol. The van der Waals surface area contributed by atoms with Crippen molar-refractivity contribution in [1.82, 2.24) is 0 Å². The first-order chi connectivity index (χ1) is 8.08. The Hall–Kier alpha value is -1.58. The Morgan fingerprint density at radius 1 is 1.11 bits per heavy atom. The number of benzene rings is 1. The molecule has 0 N–H and O–H groups in total. The molecule has 0 fully saturated rings. The normalized spacial score (nSPS) is 12.3. The van der Waals surface area contributed by atoms with E-state index in [1.807, 2.05) is 0 Å². The molecule has 0 aliphatic rings. The minimum absolute atomic E-state index is 0.255. The summed E-state index contributed by atoms with van der Waals surface area (Å²) in [7, 11) is -5.05. The van der Waals surface area contributed by atoms with Crippen LogP contribution in [-0.4, -0.2) is 21.0 Å². The summed E-state index contributed by atoms with van der Waals surface area (Å²) in [4.78, 5) is 0. The molecule has 0 atom stereocenters. The van der Waals surface area contributed by atoms with Crippen molar-refractivity contribution < 1.29 is 39.3 Å². The molecule has 18 heavy (non-hydrogen) atoms. The molecule has 10 heteroatoms. The Morgan fingerprint density at radius 3 is 1.89 bits per heavy atom. The van der Waals surface area contributed by atoms with Crippen LogP contribution in [0.2, 0.25) is 0 Å². The van der Waals surface area contributed by atoms with Gasteiger partial charge in [-0.05, 0) is 0 Å². The second-order valence-corrected chi connectivity index (χ2v) is 4.44. The fourth-order valence-corrected chi connectivity index (χ4v) is 1.40. The third-order valence-electron chi connectivity index (χ3n) is 1.67. The first kappa shape index (κ1) is 14.5. The van der Waals surface area contributed by atoms with Gasteiger partial charge in [-0.15, -0.1) is 0 Å². The van der Waals surface area contributed by atoms with E-state index in [-0.39, 0.29) is 12.1 Å². The summed E-state index contributed by atoms with van der Waals surface area (Å²) in [5, 5.41) is 0. The average molecular weight is 292 g/mol. The lowest BCUT2D eigenvalue weighted by Gasteiger charge is -2.10. The van der Waals surface area contributed by atoms with Crippen LogP contribution in [0.15, 0.2) is 12.1 Å². The molecule has 102 valence electrons. The molecule has 4 nitrogen and oxygen atoms in total. The molecule has 1 rings (SSSR count). The second kappa shape index (κ2) is 4.59. The molecule has 0 unspecified atom stereocenters. The summed E-state index contributed by atoms with van der Waals surface area (Å²) >= 11 is 0. The van der Waals surface area contributed by atoms with Crippen LogP contribution in [0.5, 0.6) is 11.5 Å². The molecule has 0 saturated carbocycles. The molecule has 0 heterocycles. The van der Waals surface area contributed by atoms with E-state index in [4.69, 9.17) is 0 Å². The number of hydrogen-bond acceptors (Lipinski definition) is 4. The van der Waals surface area contributed by atoms with Crippen LogP contribution in [0.1, 0.15) is 0 Å². The molecule has 0 spiro atoms. The summed E-state index contributed by atoms with van der Waals surface area (Å²) in [6.07, 6.45) is 0. The first-order valence-corrected chi connectivity index (χ1v) is 5.53. The lowest BCUT2D eigenvalue weighted by molar-refractivity contribution is -0.0500. The summed E-state index contributed by atoms with van der Waals surface area (Å²) in [5.74, 6) is -4.82. The third-order valence-corrected chi connectivity index (χ3v) is 2.64. The van der Waals surface area contributed by atoms with Gasteiger partial charge in [0.25, 0.3) is 0 Å². The number of hydrogen-bond donors (Lipinski definition) is 0. The van der Waals surface area contributed by atoms with Gasteiger partial charge < -0.3 is 8.92 Å². The Kier molecular flexibility index (Phi) is 3.70. The highest BCUT2D eigenvalue weighted by molar-refractivity contribution is 7.87. The molecule has 0 radical (unpaired) electrons. The minimum Gasteiger partial charge on any atom is -0.491 e. The minimum atomic E-state index is -5.98. The number of halogens is 5. The maximum Gasteiger partial charge on any atom is 0.534 e. The van der Waals surface area contributed by atoms with Gasteiger partial charge in [-0.2, -0.15) is 21.6 Å². The number of alkyl halides is 3. The van der Waals surface area contributed by atoms with Gasteiger partial charge in [0.1, 0.15) is 5.75 Å². The van der Waals surface area contributed by atoms with Gasteiger partial charge in [-0.25, -0.2) is 8.78 Å². The smallest absolute Gasteiger partial charge is 0.491 e. The van der Waals surface area contributed by atoms with Gasteiger partial charge in [0, 0.05) is 12.1 Å². The lowest BCUT2D eigenvalue weighted by Crippen LogP contribution is -2.28. The fraction of sp³-hybridized carbons (Fsp3) is 0.250. The van der Waals surface area contributed by atoms with Gasteiger partial charge in [0.05, 0.1) is 7.11 Å². The summed E-state index contributed by atoms with van der Waals surface area (Å²) in [6, 6.07) is 0.510. The molecular weight excluding hydrogens is 287 g/mol. The van der Waals surface area contributed by atoms with Gasteiger partial charge in [-0.1, -0.05) is 0 Å². The maximum absolute atomic E-state index is 13.1. The molecule has 0 amide bonds. The Bertz CT molecular complexity index is 528. The van der Waals surface area contributed by atoms with Crippen molar-refractivity contribution in [3.8, 4) is 11.5 Å². The van der Waals surface area contributed by atoms with Crippen molar-refractivity contribution in [3.63, 3.8) is 0 Å². The van der Waals surface area contributed by atoms with Gasteiger partial charge in [-0.3, -0.25) is 0 Å². The van der Waals surface area contributed by atoms with Crippen LogP contribution in [0.3, 0.4) is 0 Å². The maximum atomic E-state index is 13.1. The molecule has 1 aromatic rings. The predicted octanol–water partition coefficient (Wildman–Crippen LogP) is 2.20. The fourth-order valence-electron chi connectivity index (χ4n) is 0.954. The molecule has 1 aromatic carbocycles. The zero-order chi connectivity index (χ0) is 14.1. The van der Waals surface area contributed by atoms with Crippen LogP contribution in [0.25, 0.3) is 0 Å². The van der Waals surface area contributed by atoms with E-state index >= 15 is 0 Å². The number of methoxy groups -OCH3 is 1. The Labute approximate surface area is 98.1 Å². The van der Waals surface area contributed by atoms with E-state index in [1.165, 1.54) is 0 Å². The Morgan fingerprint density at radius 2 is 1.56 bits per heavy atom. The zero-order valence-electron chi connectivity index (χ0n) is 8.59. The van der Waals surface area contributed by atoms with Crippen molar-refractivity contribution >= 4 is 10.1 Å². The largest absolute Gasteiger partial charge is 0.534 e. The highest BCUT2D eigenvalue weighted by Crippen LogP contribution is 2.31. The topological polar surface area (TPSA) is 52.6 Å². The van der Waals surface area contributed by atoms with Crippen LogP contribution < -0.4 is 8.92 Å². The van der Waals surface area contributed by atoms with Gasteiger partial charge in [0.15, 0.2) is 17.4 Å². The molecular formula is C8H5F5O4S. The van der Waals surface area contributed by atoms with Crippen molar-refractivity contribution in [2.24, 2.45) is 0 Å². The van der Waals surface area contributed by atoms with Crippen molar-refractivity contribution in [2.45, 2.75) is 5.51 Å². The van der Waals surface area contributed by atoms with E-state index in [0.29, 0.717) is 0 Å². The van der Waals surface area contributed by atoms with Crippen LogP contribution in [0, 0.1) is 11.6 Å². The van der Waals surface area contributed by atoms with E-state index < -0.39 is 38.8 Å². The quantitative estimate of drug-likeness (QED) is 0.487. The zero-order valence-corrected chi connectivity index (χ0v) is 9.40. The standard InChI is InChI=1S/C8H5F5O4S/c1-16-7-5(9)2-4(3-6(7)10)17-18(14,15)8(11,12)13/h2-3H,1H3. The van der Waals surface area contributed by atoms with E-state index in [0.717, 1.165) is 7.11 Å². The first-order valence-electron chi connectivity index (χ1n) is 4.12. The van der Waals surface area contributed by atoms with Crippen molar-refractivity contribution in [2.75, 3.05) is 7.11 Å². The molecule has 0 bridgehead atoms. The van der Waals surface area contributed by atoms with Crippen molar-refractivity contribution in [1.29, 1.82) is 0 Å². The van der Waals surface area contributed by atoms with Crippen LogP contribution in [0.4, 0.5) is 22.0 Å². The van der Waals surface area contributed by atoms with E-state index in [1.54, 1.807) is 0 Å². The van der Waals surface area contributed by atoms with E-state index in [2.05, 4.69) is 8.92 Å². The average Bonchev–Trinajstić information content (AvgIpc) is 2.14. The highest BCUT2D eigenvalue weighted by Gasteiger charge is 2.48. The molecule has 0 aromatic heterocycles. The summed E-state index contributed by atoms with van der Waals surface area (Å²) in [6.45, 7) is 0.